The van der Waals surface area contributed by atoms with E-state index in [2.05, 4.69) is 17.2 Å². The SMILES string of the molecule is CCCCC1=CSC2=NC(C)=C(C(=O)OCC)C(c3cc(OC)ccc3OC)N12. The van der Waals surface area contributed by atoms with Crippen LogP contribution in [0.15, 0.2) is 45.6 Å². The summed E-state index contributed by atoms with van der Waals surface area (Å²) in [5.41, 5.74) is 3.21. The van der Waals surface area contributed by atoms with E-state index >= 15 is 0 Å². The third-order valence-corrected chi connectivity index (χ3v) is 5.90. The summed E-state index contributed by atoms with van der Waals surface area (Å²) in [5, 5.41) is 3.01. The zero-order valence-electron chi connectivity index (χ0n) is 17.7. The molecule has 2 heterocycles. The molecular formula is C22H28N2O4S. The lowest BCUT2D eigenvalue weighted by Gasteiger charge is -2.37. The molecule has 6 nitrogen and oxygen atoms in total. The third kappa shape index (κ3) is 4.15. The van der Waals surface area contributed by atoms with Gasteiger partial charge in [0, 0.05) is 11.3 Å². The quantitative estimate of drug-likeness (QED) is 0.554. The van der Waals surface area contributed by atoms with E-state index in [1.807, 2.05) is 32.0 Å². The Bertz CT molecular complexity index is 876. The van der Waals surface area contributed by atoms with Gasteiger partial charge in [0.2, 0.25) is 0 Å². The fourth-order valence-electron chi connectivity index (χ4n) is 3.60. The standard InChI is InChI=1S/C22H28N2O4S/c1-6-8-9-15-13-29-22-23-14(3)19(21(25)28-7-2)20(24(15)22)17-12-16(26-4)10-11-18(17)27-5/h10-13,20H,6-9H2,1-5H3. The lowest BCUT2D eigenvalue weighted by atomic mass is 9.92. The van der Waals surface area contributed by atoms with Crippen LogP contribution in [-0.4, -0.2) is 36.9 Å². The molecule has 0 fully saturated rings. The number of thioether (sulfide) groups is 1. The first kappa shape index (κ1) is 21.3. The van der Waals surface area contributed by atoms with Crippen LogP contribution in [0.1, 0.15) is 51.6 Å². The number of hydrogen-bond acceptors (Lipinski definition) is 7. The number of ether oxygens (including phenoxy) is 3. The second kappa shape index (κ2) is 9.39. The summed E-state index contributed by atoms with van der Waals surface area (Å²) >= 11 is 1.59. The largest absolute Gasteiger partial charge is 0.497 e. The molecule has 3 rings (SSSR count). The van der Waals surface area contributed by atoms with Crippen molar-refractivity contribution >= 4 is 22.9 Å². The highest BCUT2D eigenvalue weighted by molar-refractivity contribution is 8.16. The van der Waals surface area contributed by atoms with E-state index in [1.54, 1.807) is 26.0 Å². The predicted octanol–water partition coefficient (Wildman–Crippen LogP) is 5.03. The van der Waals surface area contributed by atoms with Gasteiger partial charge in [0.05, 0.1) is 38.1 Å². The van der Waals surface area contributed by atoms with E-state index in [0.29, 0.717) is 29.4 Å². The second-order valence-electron chi connectivity index (χ2n) is 6.82. The third-order valence-electron chi connectivity index (χ3n) is 5.01. The van der Waals surface area contributed by atoms with Crippen molar-refractivity contribution in [1.82, 2.24) is 4.90 Å². The Kier molecular flexibility index (Phi) is 6.90. The molecule has 1 aromatic carbocycles. The summed E-state index contributed by atoms with van der Waals surface area (Å²) in [7, 11) is 3.27. The second-order valence-corrected chi connectivity index (χ2v) is 7.66. The maximum Gasteiger partial charge on any atom is 0.338 e. The fourth-order valence-corrected chi connectivity index (χ4v) is 4.60. The Morgan fingerprint density at radius 2 is 2.03 bits per heavy atom. The molecular weight excluding hydrogens is 388 g/mol. The van der Waals surface area contributed by atoms with Crippen molar-refractivity contribution in [3.05, 3.63) is 46.1 Å². The van der Waals surface area contributed by atoms with E-state index in [-0.39, 0.29) is 12.0 Å². The minimum absolute atomic E-state index is 0.307. The van der Waals surface area contributed by atoms with Gasteiger partial charge >= 0.3 is 5.97 Å². The highest BCUT2D eigenvalue weighted by Crippen LogP contribution is 2.47. The first-order chi connectivity index (χ1) is 14.0. The molecule has 0 saturated heterocycles. The molecule has 0 radical (unpaired) electrons. The Labute approximate surface area is 176 Å². The summed E-state index contributed by atoms with van der Waals surface area (Å²) in [4.78, 5) is 19.9. The molecule has 2 aliphatic rings. The molecule has 29 heavy (non-hydrogen) atoms. The minimum Gasteiger partial charge on any atom is -0.497 e. The summed E-state index contributed by atoms with van der Waals surface area (Å²) in [6.07, 6.45) is 3.07. The molecule has 0 aliphatic carbocycles. The predicted molar refractivity (Wildman–Crippen MR) is 116 cm³/mol. The first-order valence-corrected chi connectivity index (χ1v) is 10.8. The molecule has 0 aromatic heterocycles. The number of rotatable bonds is 8. The molecule has 1 aromatic rings. The van der Waals surface area contributed by atoms with Gasteiger partial charge in [0.1, 0.15) is 11.5 Å². The summed E-state index contributed by atoms with van der Waals surface area (Å²) in [6, 6.07) is 5.27. The summed E-state index contributed by atoms with van der Waals surface area (Å²) in [5.74, 6) is 1.05. The summed E-state index contributed by atoms with van der Waals surface area (Å²) in [6.45, 7) is 6.15. The molecule has 1 unspecified atom stereocenters. The van der Waals surface area contributed by atoms with Gasteiger partial charge in [0.15, 0.2) is 5.17 Å². The number of carbonyl (C=O) groups is 1. The van der Waals surface area contributed by atoms with Crippen LogP contribution in [0.4, 0.5) is 0 Å². The van der Waals surface area contributed by atoms with Crippen LogP contribution in [-0.2, 0) is 9.53 Å². The van der Waals surface area contributed by atoms with Crippen LogP contribution < -0.4 is 9.47 Å². The first-order valence-electron chi connectivity index (χ1n) is 9.89. The van der Waals surface area contributed by atoms with Gasteiger partial charge in [-0.3, -0.25) is 0 Å². The number of carbonyl (C=O) groups excluding carboxylic acids is 1. The number of amidine groups is 1. The Hall–Kier alpha value is -2.41. The Morgan fingerprint density at radius 1 is 1.24 bits per heavy atom. The normalized spacial score (nSPS) is 18.2. The van der Waals surface area contributed by atoms with Crippen LogP contribution >= 0.6 is 11.8 Å². The van der Waals surface area contributed by atoms with Crippen molar-refractivity contribution in [1.29, 1.82) is 0 Å². The molecule has 1 atom stereocenters. The number of allylic oxidation sites excluding steroid dienone is 2. The van der Waals surface area contributed by atoms with Crippen LogP contribution in [0.2, 0.25) is 0 Å². The van der Waals surface area contributed by atoms with Gasteiger partial charge in [-0.25, -0.2) is 9.79 Å². The van der Waals surface area contributed by atoms with Gasteiger partial charge in [-0.1, -0.05) is 25.1 Å². The number of esters is 1. The summed E-state index contributed by atoms with van der Waals surface area (Å²) < 4.78 is 16.5. The smallest absolute Gasteiger partial charge is 0.338 e. The van der Waals surface area contributed by atoms with Crippen LogP contribution in [0, 0.1) is 0 Å². The van der Waals surface area contributed by atoms with Crippen molar-refractivity contribution in [3.63, 3.8) is 0 Å². The number of unbranched alkanes of at least 4 members (excludes halogenated alkanes) is 1. The van der Waals surface area contributed by atoms with Crippen molar-refractivity contribution in [2.45, 2.75) is 46.1 Å². The van der Waals surface area contributed by atoms with E-state index in [9.17, 15) is 4.79 Å². The van der Waals surface area contributed by atoms with Gasteiger partial charge in [-0.05, 0) is 50.3 Å². The van der Waals surface area contributed by atoms with E-state index in [4.69, 9.17) is 19.2 Å². The Balaban J connectivity index is 2.18. The van der Waals surface area contributed by atoms with E-state index in [1.165, 1.54) is 0 Å². The molecule has 7 heteroatoms. The number of aliphatic imine (C=N–C) groups is 1. The number of benzene rings is 1. The topological polar surface area (TPSA) is 60.4 Å². The number of hydrogen-bond donors (Lipinski definition) is 0. The van der Waals surface area contributed by atoms with Crippen molar-refractivity contribution in [2.24, 2.45) is 4.99 Å². The average Bonchev–Trinajstić information content (AvgIpc) is 3.13. The number of methoxy groups -OCH3 is 2. The molecule has 0 saturated carbocycles. The van der Waals surface area contributed by atoms with Crippen LogP contribution in [0.25, 0.3) is 0 Å². The molecule has 156 valence electrons. The molecule has 0 amide bonds. The molecule has 0 N–H and O–H groups in total. The van der Waals surface area contributed by atoms with Crippen LogP contribution in [0.3, 0.4) is 0 Å². The zero-order valence-corrected chi connectivity index (χ0v) is 18.5. The average molecular weight is 417 g/mol. The van der Waals surface area contributed by atoms with E-state index < -0.39 is 0 Å². The van der Waals surface area contributed by atoms with Crippen LogP contribution in [0.5, 0.6) is 11.5 Å². The highest BCUT2D eigenvalue weighted by Gasteiger charge is 2.41. The van der Waals surface area contributed by atoms with Gasteiger partial charge < -0.3 is 19.1 Å². The lowest BCUT2D eigenvalue weighted by Crippen LogP contribution is -2.37. The maximum atomic E-state index is 13.0. The Morgan fingerprint density at radius 3 is 2.69 bits per heavy atom. The lowest BCUT2D eigenvalue weighted by molar-refractivity contribution is -0.139. The monoisotopic (exact) mass is 416 g/mol. The van der Waals surface area contributed by atoms with Crippen molar-refractivity contribution in [2.75, 3.05) is 20.8 Å². The van der Waals surface area contributed by atoms with Gasteiger partial charge in [-0.2, -0.15) is 0 Å². The van der Waals surface area contributed by atoms with Gasteiger partial charge in [-0.15, -0.1) is 0 Å². The highest BCUT2D eigenvalue weighted by atomic mass is 32.2. The fraction of sp³-hybridized carbons (Fsp3) is 0.455. The minimum atomic E-state index is -0.385. The van der Waals surface area contributed by atoms with Crippen molar-refractivity contribution in [3.8, 4) is 11.5 Å². The molecule has 0 bridgehead atoms. The molecule has 2 aliphatic heterocycles. The van der Waals surface area contributed by atoms with Crippen molar-refractivity contribution < 1.29 is 19.0 Å². The number of nitrogens with zero attached hydrogens (tertiary/aromatic N) is 2. The van der Waals surface area contributed by atoms with Gasteiger partial charge in [0.25, 0.3) is 0 Å². The maximum absolute atomic E-state index is 13.0. The zero-order chi connectivity index (χ0) is 21.0. The number of fused-ring (bicyclic) bond motifs is 1. The van der Waals surface area contributed by atoms with E-state index in [0.717, 1.165) is 35.7 Å². The molecule has 0 spiro atoms.